The molecule has 4 rings (SSSR count). The van der Waals surface area contributed by atoms with Crippen molar-refractivity contribution in [3.63, 3.8) is 0 Å². The maximum atomic E-state index is 14.3. The lowest BCUT2D eigenvalue weighted by Crippen LogP contribution is -2.26. The predicted molar refractivity (Wildman–Crippen MR) is 110 cm³/mol. The highest BCUT2D eigenvalue weighted by atomic mass is 32.2. The molecule has 0 saturated carbocycles. The third-order valence-electron chi connectivity index (χ3n) is 4.73. The molecule has 0 aliphatic rings. The van der Waals surface area contributed by atoms with Crippen LogP contribution >= 0.6 is 0 Å². The number of nitrogens with zero attached hydrogens (tertiary/aromatic N) is 3. The van der Waals surface area contributed by atoms with E-state index in [1.165, 1.54) is 31.5 Å². The van der Waals surface area contributed by atoms with Crippen molar-refractivity contribution < 1.29 is 27.4 Å². The van der Waals surface area contributed by atoms with Gasteiger partial charge in [0, 0.05) is 13.1 Å². The number of rotatable bonds is 6. The monoisotopic (exact) mass is 460 g/mol. The normalized spacial score (nSPS) is 11.8. The molecule has 4 aromatic rings. The molecule has 0 atom stereocenters. The van der Waals surface area contributed by atoms with Gasteiger partial charge in [0.05, 0.1) is 24.1 Å². The molecule has 0 amide bonds. The Morgan fingerprint density at radius 3 is 2.59 bits per heavy atom. The number of benzene rings is 2. The van der Waals surface area contributed by atoms with Gasteiger partial charge in [-0.05, 0) is 30.3 Å². The van der Waals surface area contributed by atoms with Crippen molar-refractivity contribution in [1.82, 2.24) is 19.1 Å². The Bertz CT molecular complexity index is 1440. The van der Waals surface area contributed by atoms with E-state index in [0.717, 1.165) is 27.1 Å². The largest absolute Gasteiger partial charge is 0.507 e. The van der Waals surface area contributed by atoms with Gasteiger partial charge in [0.2, 0.25) is 10.0 Å². The van der Waals surface area contributed by atoms with E-state index >= 15 is 0 Å². The molecule has 0 saturated heterocycles. The van der Waals surface area contributed by atoms with E-state index in [4.69, 9.17) is 4.42 Å². The maximum Gasteiger partial charge on any atom is 0.348 e. The van der Waals surface area contributed by atoms with Crippen LogP contribution in [-0.4, -0.2) is 44.7 Å². The minimum Gasteiger partial charge on any atom is -0.507 e. The molecule has 12 heteroatoms. The molecule has 0 aliphatic carbocycles. The lowest BCUT2D eigenvalue weighted by atomic mass is 10.1. The number of para-hydroxylation sites is 1. The number of furan rings is 1. The number of aromatic hydroxyl groups is 2. The summed E-state index contributed by atoms with van der Waals surface area (Å²) in [5.74, 6) is -1.89. The molecule has 10 nitrogen and oxygen atoms in total. The number of phenols is 2. The Hall–Kier alpha value is -3.90. The van der Waals surface area contributed by atoms with E-state index in [9.17, 15) is 27.8 Å². The van der Waals surface area contributed by atoms with Crippen LogP contribution in [0.25, 0.3) is 17.1 Å². The first-order valence-corrected chi connectivity index (χ1v) is 10.6. The Morgan fingerprint density at radius 1 is 1.16 bits per heavy atom. The first kappa shape index (κ1) is 21.3. The standard InChI is InChI=1S/C20H17FN4O6S/c1-24(11-12-5-4-8-31-12)32(29,30)18-9-13(16(26)10-17(18)27)19-22-23-20(28)25(19)15-7-3-2-6-14(15)21/h2-10,26-27H,11H2,1H3,(H,23,28). The number of nitrogens with one attached hydrogen (secondary N) is 1. The average Bonchev–Trinajstić information content (AvgIpc) is 3.38. The topological polar surface area (TPSA) is 142 Å². The number of hydrogen-bond donors (Lipinski definition) is 3. The third-order valence-corrected chi connectivity index (χ3v) is 6.56. The molecule has 2 heterocycles. The SMILES string of the molecule is CN(Cc1ccco1)S(=O)(=O)c1cc(-c2n[nH]c(=O)n2-c2ccccc2F)c(O)cc1O. The van der Waals surface area contributed by atoms with Crippen LogP contribution in [0.15, 0.2) is 68.9 Å². The van der Waals surface area contributed by atoms with E-state index in [1.54, 1.807) is 12.1 Å². The quantitative estimate of drug-likeness (QED) is 0.400. The zero-order chi connectivity index (χ0) is 23.0. The van der Waals surface area contributed by atoms with E-state index in [0.29, 0.717) is 5.76 Å². The van der Waals surface area contributed by atoms with Crippen LogP contribution in [0.4, 0.5) is 4.39 Å². The van der Waals surface area contributed by atoms with Crippen LogP contribution in [0.5, 0.6) is 11.5 Å². The molecule has 2 aromatic carbocycles. The zero-order valence-corrected chi connectivity index (χ0v) is 17.4. The number of phenolic OH excluding ortho intramolecular Hbond substituents is 2. The summed E-state index contributed by atoms with van der Waals surface area (Å²) in [7, 11) is -2.97. The van der Waals surface area contributed by atoms with Crippen molar-refractivity contribution in [2.24, 2.45) is 0 Å². The van der Waals surface area contributed by atoms with Crippen LogP contribution < -0.4 is 5.69 Å². The van der Waals surface area contributed by atoms with E-state index in [-0.39, 0.29) is 23.6 Å². The van der Waals surface area contributed by atoms with Gasteiger partial charge in [-0.15, -0.1) is 0 Å². The summed E-state index contributed by atoms with van der Waals surface area (Å²) >= 11 is 0. The highest BCUT2D eigenvalue weighted by Crippen LogP contribution is 2.37. The van der Waals surface area contributed by atoms with E-state index in [1.807, 2.05) is 0 Å². The maximum absolute atomic E-state index is 14.3. The summed E-state index contributed by atoms with van der Waals surface area (Å²) in [6, 6.07) is 10.4. The summed E-state index contributed by atoms with van der Waals surface area (Å²) in [6.45, 7) is -0.118. The van der Waals surface area contributed by atoms with Crippen LogP contribution in [0.1, 0.15) is 5.76 Å². The molecular weight excluding hydrogens is 443 g/mol. The Kier molecular flexibility index (Phi) is 5.32. The molecule has 0 spiro atoms. The van der Waals surface area contributed by atoms with Gasteiger partial charge in [-0.3, -0.25) is 0 Å². The summed E-state index contributed by atoms with van der Waals surface area (Å²) in [5, 5.41) is 26.6. The second-order valence-corrected chi connectivity index (χ2v) is 8.83. The first-order chi connectivity index (χ1) is 15.2. The van der Waals surface area contributed by atoms with E-state index < -0.39 is 37.9 Å². The average molecular weight is 460 g/mol. The summed E-state index contributed by atoms with van der Waals surface area (Å²) in [5.41, 5.74) is -1.18. The molecule has 32 heavy (non-hydrogen) atoms. The number of H-pyrrole nitrogens is 1. The van der Waals surface area contributed by atoms with Crippen molar-refractivity contribution in [3.05, 3.63) is 76.9 Å². The van der Waals surface area contributed by atoms with Crippen molar-refractivity contribution in [2.45, 2.75) is 11.4 Å². The van der Waals surface area contributed by atoms with Crippen LogP contribution in [0, 0.1) is 5.82 Å². The van der Waals surface area contributed by atoms with Gasteiger partial charge >= 0.3 is 5.69 Å². The molecule has 166 valence electrons. The Balaban J connectivity index is 1.85. The highest BCUT2D eigenvalue weighted by Gasteiger charge is 2.28. The molecule has 3 N–H and O–H groups in total. The fraction of sp³-hybridized carbons (Fsp3) is 0.100. The molecule has 0 fully saturated rings. The van der Waals surface area contributed by atoms with Crippen molar-refractivity contribution >= 4 is 10.0 Å². The van der Waals surface area contributed by atoms with Gasteiger partial charge in [0.25, 0.3) is 0 Å². The molecule has 2 aromatic heterocycles. The fourth-order valence-corrected chi connectivity index (χ4v) is 4.38. The van der Waals surface area contributed by atoms with Crippen molar-refractivity contribution in [2.75, 3.05) is 7.05 Å². The first-order valence-electron chi connectivity index (χ1n) is 9.17. The Morgan fingerprint density at radius 2 is 1.91 bits per heavy atom. The third kappa shape index (κ3) is 3.65. The Labute approximate surface area is 180 Å². The summed E-state index contributed by atoms with van der Waals surface area (Å²) < 4.78 is 47.4. The second kappa shape index (κ2) is 7.98. The number of aromatic amines is 1. The van der Waals surface area contributed by atoms with Crippen molar-refractivity contribution in [3.8, 4) is 28.6 Å². The smallest absolute Gasteiger partial charge is 0.348 e. The lowest BCUT2D eigenvalue weighted by Gasteiger charge is -2.18. The predicted octanol–water partition coefficient (Wildman–Crippen LogP) is 2.19. The number of hydrogen-bond acceptors (Lipinski definition) is 7. The molecule has 0 radical (unpaired) electrons. The van der Waals surface area contributed by atoms with Gasteiger partial charge in [0.15, 0.2) is 5.82 Å². The zero-order valence-electron chi connectivity index (χ0n) is 16.6. The number of sulfonamides is 1. The molecular formula is C20H17FN4O6S. The van der Waals surface area contributed by atoms with Gasteiger partial charge < -0.3 is 14.6 Å². The van der Waals surface area contributed by atoms with Crippen molar-refractivity contribution in [1.29, 1.82) is 0 Å². The molecule has 0 aliphatic heterocycles. The van der Waals surface area contributed by atoms with Gasteiger partial charge in [-0.2, -0.15) is 9.40 Å². The molecule has 0 unspecified atom stereocenters. The van der Waals surface area contributed by atoms with Crippen LogP contribution in [-0.2, 0) is 16.6 Å². The van der Waals surface area contributed by atoms with Gasteiger partial charge in [0.1, 0.15) is 28.0 Å². The summed E-state index contributed by atoms with van der Waals surface area (Å²) in [4.78, 5) is 11.8. The second-order valence-electron chi connectivity index (χ2n) is 6.82. The minimum atomic E-state index is -4.26. The fourth-order valence-electron chi connectivity index (χ4n) is 3.15. The molecule has 0 bridgehead atoms. The lowest BCUT2D eigenvalue weighted by molar-refractivity contribution is 0.400. The van der Waals surface area contributed by atoms with Crippen LogP contribution in [0.3, 0.4) is 0 Å². The summed E-state index contributed by atoms with van der Waals surface area (Å²) in [6.07, 6.45) is 1.39. The highest BCUT2D eigenvalue weighted by molar-refractivity contribution is 7.89. The van der Waals surface area contributed by atoms with Gasteiger partial charge in [-0.1, -0.05) is 12.1 Å². The minimum absolute atomic E-state index is 0.118. The van der Waals surface area contributed by atoms with E-state index in [2.05, 4.69) is 10.2 Å². The number of aromatic nitrogens is 3. The number of halogens is 1. The van der Waals surface area contributed by atoms with Crippen LogP contribution in [0.2, 0.25) is 0 Å². The van der Waals surface area contributed by atoms with Gasteiger partial charge in [-0.25, -0.2) is 27.3 Å².